The molecule has 132 valence electrons. The van der Waals surface area contributed by atoms with Gasteiger partial charge in [-0.15, -0.1) is 0 Å². The van der Waals surface area contributed by atoms with Gasteiger partial charge in [0.25, 0.3) is 5.91 Å². The van der Waals surface area contributed by atoms with E-state index < -0.39 is 0 Å². The molecular formula is C20H26N4O. The van der Waals surface area contributed by atoms with E-state index in [1.807, 2.05) is 44.2 Å². The second-order valence-corrected chi connectivity index (χ2v) is 6.82. The maximum atomic E-state index is 13.0. The number of piperidine rings is 1. The Morgan fingerprint density at radius 2 is 2.00 bits per heavy atom. The summed E-state index contributed by atoms with van der Waals surface area (Å²) < 4.78 is 0. The van der Waals surface area contributed by atoms with Crippen molar-refractivity contribution >= 4 is 17.4 Å². The fourth-order valence-corrected chi connectivity index (χ4v) is 3.25. The van der Waals surface area contributed by atoms with Crippen LogP contribution < -0.4 is 9.80 Å². The van der Waals surface area contributed by atoms with Crippen molar-refractivity contribution in [2.45, 2.75) is 33.6 Å². The van der Waals surface area contributed by atoms with Crippen LogP contribution in [0.25, 0.3) is 0 Å². The van der Waals surface area contributed by atoms with Crippen molar-refractivity contribution in [3.63, 3.8) is 0 Å². The molecule has 5 heteroatoms. The number of amides is 1. The lowest BCUT2D eigenvalue weighted by Crippen LogP contribution is -2.34. The van der Waals surface area contributed by atoms with Gasteiger partial charge >= 0.3 is 0 Å². The van der Waals surface area contributed by atoms with Gasteiger partial charge in [-0.1, -0.05) is 19.1 Å². The van der Waals surface area contributed by atoms with Gasteiger partial charge in [-0.2, -0.15) is 0 Å². The van der Waals surface area contributed by atoms with Crippen LogP contribution in [0.1, 0.15) is 42.7 Å². The Labute approximate surface area is 149 Å². The SMILES string of the molecule is CCN(C(=O)c1cc(N2CCC(C)CC2)ncn1)c1cccc(C)c1. The minimum absolute atomic E-state index is 0.0814. The minimum atomic E-state index is -0.0814. The zero-order valence-corrected chi connectivity index (χ0v) is 15.3. The van der Waals surface area contributed by atoms with E-state index in [1.54, 1.807) is 4.90 Å². The van der Waals surface area contributed by atoms with Crippen LogP contribution in [0.2, 0.25) is 0 Å². The molecule has 5 nitrogen and oxygen atoms in total. The summed E-state index contributed by atoms with van der Waals surface area (Å²) in [7, 11) is 0. The Hall–Kier alpha value is -2.43. The van der Waals surface area contributed by atoms with Crippen molar-refractivity contribution in [3.05, 3.63) is 47.9 Å². The summed E-state index contributed by atoms with van der Waals surface area (Å²) in [6.45, 7) is 8.87. The average Bonchev–Trinajstić information content (AvgIpc) is 2.63. The van der Waals surface area contributed by atoms with E-state index in [2.05, 4.69) is 21.8 Å². The van der Waals surface area contributed by atoms with E-state index in [1.165, 1.54) is 6.33 Å². The minimum Gasteiger partial charge on any atom is -0.356 e. The molecule has 1 aromatic heterocycles. The summed E-state index contributed by atoms with van der Waals surface area (Å²) in [5, 5.41) is 0. The lowest BCUT2D eigenvalue weighted by atomic mass is 9.99. The van der Waals surface area contributed by atoms with E-state index >= 15 is 0 Å². The maximum absolute atomic E-state index is 13.0. The predicted octanol–water partition coefficient (Wildman–Crippen LogP) is 3.69. The molecule has 0 unspecified atom stereocenters. The van der Waals surface area contributed by atoms with Crippen molar-refractivity contribution in [1.82, 2.24) is 9.97 Å². The van der Waals surface area contributed by atoms with E-state index in [-0.39, 0.29) is 5.91 Å². The zero-order valence-electron chi connectivity index (χ0n) is 15.3. The van der Waals surface area contributed by atoms with Gasteiger partial charge in [0.15, 0.2) is 0 Å². The van der Waals surface area contributed by atoms with E-state index in [4.69, 9.17) is 0 Å². The molecule has 1 aliphatic heterocycles. The first-order valence-electron chi connectivity index (χ1n) is 9.04. The summed E-state index contributed by atoms with van der Waals surface area (Å²) >= 11 is 0. The Bertz CT molecular complexity index is 738. The van der Waals surface area contributed by atoms with E-state index in [9.17, 15) is 4.79 Å². The number of carbonyl (C=O) groups excluding carboxylic acids is 1. The second-order valence-electron chi connectivity index (χ2n) is 6.82. The summed E-state index contributed by atoms with van der Waals surface area (Å²) in [4.78, 5) is 25.6. The molecule has 0 N–H and O–H groups in total. The molecule has 1 amide bonds. The molecule has 0 atom stereocenters. The maximum Gasteiger partial charge on any atom is 0.277 e. The molecule has 0 spiro atoms. The monoisotopic (exact) mass is 338 g/mol. The van der Waals surface area contributed by atoms with Crippen molar-refractivity contribution < 1.29 is 4.79 Å². The average molecular weight is 338 g/mol. The summed E-state index contributed by atoms with van der Waals surface area (Å²) in [5.74, 6) is 1.53. The molecule has 0 aliphatic carbocycles. The second kappa shape index (κ2) is 7.64. The van der Waals surface area contributed by atoms with Crippen molar-refractivity contribution in [2.24, 2.45) is 5.92 Å². The normalized spacial score (nSPS) is 15.2. The number of nitrogens with zero attached hydrogens (tertiary/aromatic N) is 4. The molecule has 25 heavy (non-hydrogen) atoms. The number of aryl methyl sites for hydroxylation is 1. The molecule has 3 rings (SSSR count). The molecule has 2 heterocycles. The molecule has 0 saturated carbocycles. The highest BCUT2D eigenvalue weighted by Gasteiger charge is 2.21. The molecule has 2 aromatic rings. The Balaban J connectivity index is 1.83. The molecule has 1 aromatic carbocycles. The number of hydrogen-bond acceptors (Lipinski definition) is 4. The number of carbonyl (C=O) groups is 1. The van der Waals surface area contributed by atoms with Gasteiger partial charge in [0.1, 0.15) is 17.8 Å². The topological polar surface area (TPSA) is 49.3 Å². The van der Waals surface area contributed by atoms with Gasteiger partial charge in [0, 0.05) is 31.4 Å². The third kappa shape index (κ3) is 3.98. The summed E-state index contributed by atoms with van der Waals surface area (Å²) in [6.07, 6.45) is 3.83. The number of rotatable bonds is 4. The lowest BCUT2D eigenvalue weighted by molar-refractivity contribution is 0.0983. The summed E-state index contributed by atoms with van der Waals surface area (Å²) in [5.41, 5.74) is 2.49. The van der Waals surface area contributed by atoms with Crippen molar-refractivity contribution in [2.75, 3.05) is 29.4 Å². The van der Waals surface area contributed by atoms with Crippen LogP contribution in [0.4, 0.5) is 11.5 Å². The van der Waals surface area contributed by atoms with Gasteiger partial charge in [0.05, 0.1) is 0 Å². The first kappa shape index (κ1) is 17.4. The standard InChI is InChI=1S/C20H26N4O/c1-4-24(17-7-5-6-16(3)12-17)20(25)18-13-19(22-14-21-18)23-10-8-15(2)9-11-23/h5-7,12-15H,4,8-11H2,1-3H3. The number of benzene rings is 1. The Morgan fingerprint density at radius 1 is 1.24 bits per heavy atom. The van der Waals surface area contributed by atoms with Gasteiger partial charge in [0.2, 0.25) is 0 Å². The largest absolute Gasteiger partial charge is 0.356 e. The molecular weight excluding hydrogens is 312 g/mol. The van der Waals surface area contributed by atoms with Crippen LogP contribution in [0.5, 0.6) is 0 Å². The molecule has 0 bridgehead atoms. The molecule has 1 fully saturated rings. The number of anilines is 2. The van der Waals surface area contributed by atoms with Crippen LogP contribution in [0.3, 0.4) is 0 Å². The lowest BCUT2D eigenvalue weighted by Gasteiger charge is -2.31. The molecule has 0 radical (unpaired) electrons. The number of hydrogen-bond donors (Lipinski definition) is 0. The van der Waals surface area contributed by atoms with Crippen molar-refractivity contribution in [1.29, 1.82) is 0 Å². The van der Waals surface area contributed by atoms with Crippen LogP contribution in [-0.2, 0) is 0 Å². The van der Waals surface area contributed by atoms with Crippen LogP contribution in [0.15, 0.2) is 36.7 Å². The Morgan fingerprint density at radius 3 is 2.68 bits per heavy atom. The third-order valence-electron chi connectivity index (χ3n) is 4.85. The molecule has 1 saturated heterocycles. The van der Waals surface area contributed by atoms with Crippen LogP contribution >= 0.6 is 0 Å². The van der Waals surface area contributed by atoms with E-state index in [0.29, 0.717) is 12.2 Å². The Kier molecular flexibility index (Phi) is 5.31. The molecule has 1 aliphatic rings. The highest BCUT2D eigenvalue weighted by Crippen LogP contribution is 2.23. The zero-order chi connectivity index (χ0) is 17.8. The predicted molar refractivity (Wildman–Crippen MR) is 101 cm³/mol. The van der Waals surface area contributed by atoms with Gasteiger partial charge in [-0.25, -0.2) is 9.97 Å². The third-order valence-corrected chi connectivity index (χ3v) is 4.85. The first-order valence-corrected chi connectivity index (χ1v) is 9.04. The van der Waals surface area contributed by atoms with Crippen molar-refractivity contribution in [3.8, 4) is 0 Å². The fourth-order valence-electron chi connectivity index (χ4n) is 3.25. The van der Waals surface area contributed by atoms with E-state index in [0.717, 1.165) is 48.9 Å². The van der Waals surface area contributed by atoms with Crippen LogP contribution in [-0.4, -0.2) is 35.5 Å². The van der Waals surface area contributed by atoms with Gasteiger partial charge < -0.3 is 9.80 Å². The van der Waals surface area contributed by atoms with Gasteiger partial charge in [-0.05, 0) is 50.3 Å². The fraction of sp³-hybridized carbons (Fsp3) is 0.450. The first-order chi connectivity index (χ1) is 12.1. The van der Waals surface area contributed by atoms with Crippen LogP contribution in [0, 0.1) is 12.8 Å². The summed E-state index contributed by atoms with van der Waals surface area (Å²) in [6, 6.07) is 9.82. The highest BCUT2D eigenvalue weighted by molar-refractivity contribution is 6.05. The quantitative estimate of drug-likeness (QED) is 0.853. The van der Waals surface area contributed by atoms with Gasteiger partial charge in [-0.3, -0.25) is 4.79 Å². The smallest absolute Gasteiger partial charge is 0.277 e. The number of aromatic nitrogens is 2. The highest BCUT2D eigenvalue weighted by atomic mass is 16.2.